The Kier molecular flexibility index (Phi) is 4.47. The number of nitrogens with zero attached hydrogens (tertiary/aromatic N) is 1. The first-order valence-electron chi connectivity index (χ1n) is 4.66. The van der Waals surface area contributed by atoms with Gasteiger partial charge < -0.3 is 5.73 Å². The maximum atomic E-state index is 11.4. The van der Waals surface area contributed by atoms with Crippen molar-refractivity contribution in [2.75, 3.05) is 7.05 Å². The van der Waals surface area contributed by atoms with Crippen molar-refractivity contribution in [2.45, 2.75) is 0 Å². The SMILES string of the molecule is CN(NC(=O)C=Cc1ccccc1)C(N)=S. The third-order valence-electron chi connectivity index (χ3n) is 1.84. The van der Waals surface area contributed by atoms with E-state index in [0.717, 1.165) is 5.56 Å². The molecule has 0 fully saturated rings. The number of carbonyl (C=O) groups excluding carboxylic acids is 1. The molecule has 0 bridgehead atoms. The zero-order chi connectivity index (χ0) is 12.0. The number of hydrogen-bond donors (Lipinski definition) is 2. The first-order chi connectivity index (χ1) is 7.59. The quantitative estimate of drug-likeness (QED) is 0.454. The fourth-order valence-corrected chi connectivity index (χ4v) is 1.04. The second-order valence-electron chi connectivity index (χ2n) is 3.12. The van der Waals surface area contributed by atoms with Crippen molar-refractivity contribution in [3.05, 3.63) is 42.0 Å². The van der Waals surface area contributed by atoms with E-state index >= 15 is 0 Å². The van der Waals surface area contributed by atoms with Crippen molar-refractivity contribution in [1.29, 1.82) is 0 Å². The van der Waals surface area contributed by atoms with Crippen LogP contribution in [0, 0.1) is 0 Å². The normalized spacial score (nSPS) is 10.1. The van der Waals surface area contributed by atoms with Gasteiger partial charge in [0, 0.05) is 13.1 Å². The summed E-state index contributed by atoms with van der Waals surface area (Å²) < 4.78 is 0. The first kappa shape index (κ1) is 12.2. The minimum absolute atomic E-state index is 0.112. The summed E-state index contributed by atoms with van der Waals surface area (Å²) in [6.45, 7) is 0. The van der Waals surface area contributed by atoms with E-state index in [-0.39, 0.29) is 11.0 Å². The van der Waals surface area contributed by atoms with Gasteiger partial charge in [0.15, 0.2) is 5.11 Å². The standard InChI is InChI=1S/C11H13N3OS/c1-14(11(12)16)13-10(15)8-7-9-5-3-2-4-6-9/h2-8H,1H3,(H2,12,16)(H,13,15). The second-order valence-corrected chi connectivity index (χ2v) is 3.54. The third kappa shape index (κ3) is 4.10. The average Bonchev–Trinajstić information content (AvgIpc) is 2.27. The van der Waals surface area contributed by atoms with Crippen molar-refractivity contribution < 1.29 is 4.79 Å². The predicted octanol–water partition coefficient (Wildman–Crippen LogP) is 0.906. The number of thiocarbonyl (C=S) groups is 1. The van der Waals surface area contributed by atoms with Crippen LogP contribution in [0.15, 0.2) is 36.4 Å². The molecule has 3 N–H and O–H groups in total. The highest BCUT2D eigenvalue weighted by atomic mass is 32.1. The fourth-order valence-electron chi connectivity index (χ4n) is 0.994. The Hall–Kier alpha value is -1.88. The first-order valence-corrected chi connectivity index (χ1v) is 5.07. The molecule has 0 radical (unpaired) electrons. The largest absolute Gasteiger partial charge is 0.375 e. The summed E-state index contributed by atoms with van der Waals surface area (Å²) in [5, 5.41) is 1.40. The summed E-state index contributed by atoms with van der Waals surface area (Å²) in [4.78, 5) is 11.4. The lowest BCUT2D eigenvalue weighted by Crippen LogP contribution is -2.45. The molecule has 0 aliphatic carbocycles. The van der Waals surface area contributed by atoms with E-state index in [1.807, 2.05) is 30.3 Å². The number of nitrogens with one attached hydrogen (secondary N) is 1. The number of rotatable bonds is 2. The van der Waals surface area contributed by atoms with Crippen molar-refractivity contribution in [3.8, 4) is 0 Å². The number of amides is 1. The topological polar surface area (TPSA) is 58.4 Å². The van der Waals surface area contributed by atoms with Crippen LogP contribution in [0.25, 0.3) is 6.08 Å². The summed E-state index contributed by atoms with van der Waals surface area (Å²) in [6, 6.07) is 9.53. The van der Waals surface area contributed by atoms with E-state index in [2.05, 4.69) is 17.6 Å². The van der Waals surface area contributed by atoms with Gasteiger partial charge >= 0.3 is 0 Å². The molecule has 0 saturated heterocycles. The molecular formula is C11H13N3OS. The lowest BCUT2D eigenvalue weighted by Gasteiger charge is -2.16. The van der Waals surface area contributed by atoms with Gasteiger partial charge in [-0.3, -0.25) is 15.2 Å². The van der Waals surface area contributed by atoms with Crippen LogP contribution >= 0.6 is 12.2 Å². The summed E-state index contributed by atoms with van der Waals surface area (Å²) >= 11 is 4.68. The van der Waals surface area contributed by atoms with Crippen molar-refractivity contribution in [3.63, 3.8) is 0 Å². The monoisotopic (exact) mass is 235 g/mol. The molecule has 0 spiro atoms. The number of hydrazine groups is 1. The Morgan fingerprint density at radius 1 is 1.44 bits per heavy atom. The van der Waals surface area contributed by atoms with E-state index in [4.69, 9.17) is 5.73 Å². The lowest BCUT2D eigenvalue weighted by molar-refractivity contribution is -0.119. The van der Waals surface area contributed by atoms with Crippen LogP contribution in [0.4, 0.5) is 0 Å². The lowest BCUT2D eigenvalue weighted by atomic mass is 10.2. The van der Waals surface area contributed by atoms with E-state index in [1.54, 1.807) is 13.1 Å². The van der Waals surface area contributed by atoms with Crippen LogP contribution in [-0.4, -0.2) is 23.1 Å². The van der Waals surface area contributed by atoms with E-state index in [1.165, 1.54) is 11.1 Å². The summed E-state index contributed by atoms with van der Waals surface area (Å²) in [6.07, 6.45) is 3.13. The summed E-state index contributed by atoms with van der Waals surface area (Å²) in [5.41, 5.74) is 8.76. The molecule has 0 unspecified atom stereocenters. The maximum absolute atomic E-state index is 11.4. The highest BCUT2D eigenvalue weighted by molar-refractivity contribution is 7.80. The molecule has 1 aromatic carbocycles. The molecule has 84 valence electrons. The number of hydrogen-bond acceptors (Lipinski definition) is 2. The number of benzene rings is 1. The molecule has 0 saturated carbocycles. The zero-order valence-corrected chi connectivity index (χ0v) is 9.70. The third-order valence-corrected chi connectivity index (χ3v) is 2.11. The predicted molar refractivity (Wildman–Crippen MR) is 68.2 cm³/mol. The summed E-state index contributed by atoms with van der Waals surface area (Å²) in [5.74, 6) is -0.279. The maximum Gasteiger partial charge on any atom is 0.262 e. The van der Waals surface area contributed by atoms with Crippen molar-refractivity contribution >= 4 is 29.3 Å². The Labute approximate surface area is 99.7 Å². The smallest absolute Gasteiger partial charge is 0.262 e. The zero-order valence-electron chi connectivity index (χ0n) is 8.88. The molecule has 0 atom stereocenters. The molecule has 0 aliphatic rings. The minimum Gasteiger partial charge on any atom is -0.375 e. The van der Waals surface area contributed by atoms with E-state index in [9.17, 15) is 4.79 Å². The van der Waals surface area contributed by atoms with Crippen LogP contribution in [0.1, 0.15) is 5.56 Å². The molecule has 0 aromatic heterocycles. The van der Waals surface area contributed by atoms with Crippen LogP contribution in [0.2, 0.25) is 0 Å². The molecule has 4 nitrogen and oxygen atoms in total. The second kappa shape index (κ2) is 5.87. The van der Waals surface area contributed by atoms with Gasteiger partial charge in [-0.05, 0) is 23.9 Å². The molecule has 0 aliphatic heterocycles. The highest BCUT2D eigenvalue weighted by Crippen LogP contribution is 2.00. The van der Waals surface area contributed by atoms with Gasteiger partial charge in [-0.25, -0.2) is 0 Å². The van der Waals surface area contributed by atoms with Gasteiger partial charge in [0.1, 0.15) is 0 Å². The van der Waals surface area contributed by atoms with Gasteiger partial charge in [0.2, 0.25) is 0 Å². The molecule has 5 heteroatoms. The van der Waals surface area contributed by atoms with Crippen molar-refractivity contribution in [2.24, 2.45) is 5.73 Å². The van der Waals surface area contributed by atoms with Gasteiger partial charge in [-0.15, -0.1) is 0 Å². The molecule has 0 heterocycles. The molecule has 1 aromatic rings. The van der Waals surface area contributed by atoms with Gasteiger partial charge in [0.25, 0.3) is 5.91 Å². The fraction of sp³-hybridized carbons (Fsp3) is 0.0909. The van der Waals surface area contributed by atoms with E-state index in [0.29, 0.717) is 0 Å². The molecule has 16 heavy (non-hydrogen) atoms. The Balaban J connectivity index is 2.52. The molecular weight excluding hydrogens is 222 g/mol. The van der Waals surface area contributed by atoms with Gasteiger partial charge in [0.05, 0.1) is 0 Å². The van der Waals surface area contributed by atoms with Crippen LogP contribution in [0.3, 0.4) is 0 Å². The highest BCUT2D eigenvalue weighted by Gasteiger charge is 2.01. The average molecular weight is 235 g/mol. The Morgan fingerprint density at radius 2 is 2.06 bits per heavy atom. The Bertz CT molecular complexity index is 403. The van der Waals surface area contributed by atoms with Gasteiger partial charge in [-0.2, -0.15) is 0 Å². The summed E-state index contributed by atoms with van der Waals surface area (Å²) in [7, 11) is 1.58. The molecule has 1 amide bonds. The molecule has 1 rings (SSSR count). The number of nitrogens with two attached hydrogens (primary N) is 1. The van der Waals surface area contributed by atoms with Gasteiger partial charge in [-0.1, -0.05) is 30.3 Å². The van der Waals surface area contributed by atoms with Crippen molar-refractivity contribution in [1.82, 2.24) is 10.4 Å². The van der Waals surface area contributed by atoms with E-state index < -0.39 is 0 Å². The van der Waals surface area contributed by atoms with Crippen LogP contribution in [-0.2, 0) is 4.79 Å². The number of carbonyl (C=O) groups is 1. The Morgan fingerprint density at radius 3 is 2.62 bits per heavy atom. The minimum atomic E-state index is -0.279. The van der Waals surface area contributed by atoms with Crippen LogP contribution in [0.5, 0.6) is 0 Å². The van der Waals surface area contributed by atoms with Crippen LogP contribution < -0.4 is 11.2 Å².